The van der Waals surface area contributed by atoms with Crippen LogP contribution in [0.2, 0.25) is 0 Å². The third-order valence-electron chi connectivity index (χ3n) is 2.21. The van der Waals surface area contributed by atoms with Crippen LogP contribution in [-0.2, 0) is 4.79 Å². The summed E-state index contributed by atoms with van der Waals surface area (Å²) in [5.41, 5.74) is 5.27. The minimum Gasteiger partial charge on any atom is -0.494 e. The lowest BCUT2D eigenvalue weighted by Gasteiger charge is -2.09. The van der Waals surface area contributed by atoms with Crippen molar-refractivity contribution >= 4 is 11.8 Å². The van der Waals surface area contributed by atoms with Gasteiger partial charge in [-0.15, -0.1) is 0 Å². The summed E-state index contributed by atoms with van der Waals surface area (Å²) < 4.78 is 5.24. The molecule has 6 heteroatoms. The Balaban J connectivity index is 2.54. The van der Waals surface area contributed by atoms with Gasteiger partial charge in [-0.3, -0.25) is 9.59 Å². The number of carbonyl (C=O) groups excluding carboxylic acids is 2. The molecule has 1 atom stereocenters. The van der Waals surface area contributed by atoms with Crippen molar-refractivity contribution in [3.8, 4) is 5.75 Å². The Hall–Kier alpha value is -2.08. The van der Waals surface area contributed by atoms with Crippen molar-refractivity contribution in [1.29, 1.82) is 0 Å². The number of carbonyl (C=O) groups is 2. The fraction of sp³-hybridized carbons (Fsp3) is 0.333. The monoisotopic (exact) mass is 252 g/mol. The molecule has 0 aromatic heterocycles. The Morgan fingerprint density at radius 2 is 2.00 bits per heavy atom. The Morgan fingerprint density at radius 3 is 2.50 bits per heavy atom. The second-order valence-electron chi connectivity index (χ2n) is 3.59. The zero-order chi connectivity index (χ0) is 13.5. The van der Waals surface area contributed by atoms with Gasteiger partial charge in [0.25, 0.3) is 5.91 Å². The average Bonchev–Trinajstić information content (AvgIpc) is 2.36. The molecule has 0 aliphatic rings. The molecule has 2 amide bonds. The van der Waals surface area contributed by atoms with Crippen LogP contribution >= 0.6 is 0 Å². The van der Waals surface area contributed by atoms with Crippen molar-refractivity contribution in [2.24, 2.45) is 5.73 Å². The second-order valence-corrected chi connectivity index (χ2v) is 3.59. The largest absolute Gasteiger partial charge is 0.494 e. The molecule has 0 heterocycles. The Labute approximate surface area is 105 Å². The Kier molecular flexibility index (Phi) is 5.13. The van der Waals surface area contributed by atoms with Crippen LogP contribution in [0.4, 0.5) is 0 Å². The van der Waals surface area contributed by atoms with E-state index in [0.717, 1.165) is 0 Å². The molecule has 0 spiro atoms. The highest BCUT2D eigenvalue weighted by Crippen LogP contribution is 2.11. The molecular weight excluding hydrogens is 236 g/mol. The molecule has 0 fully saturated rings. The van der Waals surface area contributed by atoms with Crippen molar-refractivity contribution in [2.75, 3.05) is 13.2 Å². The van der Waals surface area contributed by atoms with Crippen LogP contribution < -0.4 is 15.8 Å². The van der Waals surface area contributed by atoms with E-state index in [0.29, 0.717) is 17.9 Å². The molecular formula is C12H16N2O4. The summed E-state index contributed by atoms with van der Waals surface area (Å²) in [6, 6.07) is 6.53. The predicted octanol–water partition coefficient (Wildman–Crippen LogP) is -0.339. The molecule has 0 aliphatic heterocycles. The van der Waals surface area contributed by atoms with Gasteiger partial charge in [0.1, 0.15) is 11.9 Å². The minimum atomic E-state index is -1.38. The molecule has 6 nitrogen and oxygen atoms in total. The normalized spacial score (nSPS) is 11.7. The fourth-order valence-corrected chi connectivity index (χ4v) is 1.26. The Bertz CT molecular complexity index is 417. The first-order valence-electron chi connectivity index (χ1n) is 5.53. The third-order valence-corrected chi connectivity index (χ3v) is 2.21. The van der Waals surface area contributed by atoms with Crippen molar-refractivity contribution < 1.29 is 19.4 Å². The van der Waals surface area contributed by atoms with Crippen LogP contribution in [0.1, 0.15) is 17.3 Å². The lowest BCUT2D eigenvalue weighted by atomic mass is 10.2. The fourth-order valence-electron chi connectivity index (χ4n) is 1.26. The predicted molar refractivity (Wildman–Crippen MR) is 65.1 cm³/mol. The van der Waals surface area contributed by atoms with Gasteiger partial charge in [0.2, 0.25) is 5.91 Å². The highest BCUT2D eigenvalue weighted by molar-refractivity contribution is 5.94. The topological polar surface area (TPSA) is 102 Å². The van der Waals surface area contributed by atoms with Crippen LogP contribution in [0.25, 0.3) is 0 Å². The standard InChI is InChI=1S/C12H16N2O4/c1-2-18-9-5-3-8(4-6-9)12(17)14-7-10(15)11(13)16/h3-6,10,15H,2,7H2,1H3,(H2,13,16)(H,14,17). The first-order chi connectivity index (χ1) is 8.54. The van der Waals surface area contributed by atoms with Crippen LogP contribution in [0.5, 0.6) is 5.75 Å². The summed E-state index contributed by atoms with van der Waals surface area (Å²) in [6.45, 7) is 2.21. The van der Waals surface area contributed by atoms with E-state index in [1.165, 1.54) is 0 Å². The van der Waals surface area contributed by atoms with Gasteiger partial charge in [0.05, 0.1) is 13.2 Å². The van der Waals surface area contributed by atoms with Gasteiger partial charge in [-0.25, -0.2) is 0 Å². The van der Waals surface area contributed by atoms with Crippen LogP contribution in [-0.4, -0.2) is 36.2 Å². The number of rotatable bonds is 6. The first-order valence-corrected chi connectivity index (χ1v) is 5.53. The molecule has 1 aromatic rings. The smallest absolute Gasteiger partial charge is 0.251 e. The van der Waals surface area contributed by atoms with Gasteiger partial charge < -0.3 is 20.9 Å². The number of ether oxygens (including phenoxy) is 1. The number of benzene rings is 1. The van der Waals surface area contributed by atoms with Gasteiger partial charge in [-0.1, -0.05) is 0 Å². The van der Waals surface area contributed by atoms with Gasteiger partial charge >= 0.3 is 0 Å². The van der Waals surface area contributed by atoms with Gasteiger partial charge in [-0.05, 0) is 31.2 Å². The van der Waals surface area contributed by atoms with Gasteiger partial charge in [0, 0.05) is 5.56 Å². The zero-order valence-electron chi connectivity index (χ0n) is 10.1. The third kappa shape index (κ3) is 4.06. The molecule has 1 aromatic carbocycles. The van der Waals surface area contributed by atoms with Crippen LogP contribution in [0.3, 0.4) is 0 Å². The summed E-state index contributed by atoms with van der Waals surface area (Å²) in [5, 5.41) is 11.5. The maximum Gasteiger partial charge on any atom is 0.251 e. The first kappa shape index (κ1) is 14.0. The number of nitrogens with one attached hydrogen (secondary N) is 1. The number of hydrogen-bond donors (Lipinski definition) is 3. The van der Waals surface area contributed by atoms with E-state index in [4.69, 9.17) is 15.6 Å². The lowest BCUT2D eigenvalue weighted by molar-refractivity contribution is -0.125. The molecule has 18 heavy (non-hydrogen) atoms. The zero-order valence-corrected chi connectivity index (χ0v) is 10.1. The number of aliphatic hydroxyl groups is 1. The van der Waals surface area contributed by atoms with E-state index in [1.807, 2.05) is 6.92 Å². The molecule has 1 rings (SSSR count). The average molecular weight is 252 g/mol. The van der Waals surface area contributed by atoms with E-state index >= 15 is 0 Å². The number of hydrogen-bond acceptors (Lipinski definition) is 4. The highest BCUT2D eigenvalue weighted by atomic mass is 16.5. The highest BCUT2D eigenvalue weighted by Gasteiger charge is 2.13. The second kappa shape index (κ2) is 6.61. The molecule has 0 aliphatic carbocycles. The lowest BCUT2D eigenvalue weighted by Crippen LogP contribution is -2.39. The van der Waals surface area contributed by atoms with E-state index in [2.05, 4.69) is 5.32 Å². The maximum absolute atomic E-state index is 11.6. The SMILES string of the molecule is CCOc1ccc(C(=O)NCC(O)C(N)=O)cc1. The molecule has 0 bridgehead atoms. The molecule has 98 valence electrons. The van der Waals surface area contributed by atoms with Gasteiger partial charge in [-0.2, -0.15) is 0 Å². The summed E-state index contributed by atoms with van der Waals surface area (Å²) in [5.74, 6) is -0.591. The van der Waals surface area contributed by atoms with E-state index in [1.54, 1.807) is 24.3 Å². The summed E-state index contributed by atoms with van der Waals surface area (Å²) >= 11 is 0. The number of nitrogens with two attached hydrogens (primary N) is 1. The van der Waals surface area contributed by atoms with Crippen molar-refractivity contribution in [2.45, 2.75) is 13.0 Å². The summed E-state index contributed by atoms with van der Waals surface area (Å²) in [4.78, 5) is 22.2. The number of amides is 2. The molecule has 1 unspecified atom stereocenters. The van der Waals surface area contributed by atoms with Crippen molar-refractivity contribution in [1.82, 2.24) is 5.32 Å². The van der Waals surface area contributed by atoms with Gasteiger partial charge in [0.15, 0.2) is 0 Å². The van der Waals surface area contributed by atoms with Crippen LogP contribution in [0, 0.1) is 0 Å². The number of primary amides is 1. The van der Waals surface area contributed by atoms with E-state index in [-0.39, 0.29) is 6.54 Å². The maximum atomic E-state index is 11.6. The minimum absolute atomic E-state index is 0.207. The molecule has 0 radical (unpaired) electrons. The van der Waals surface area contributed by atoms with E-state index < -0.39 is 17.9 Å². The molecule has 0 saturated carbocycles. The van der Waals surface area contributed by atoms with E-state index in [9.17, 15) is 9.59 Å². The molecule has 0 saturated heterocycles. The number of aliphatic hydroxyl groups excluding tert-OH is 1. The van der Waals surface area contributed by atoms with Crippen molar-refractivity contribution in [3.05, 3.63) is 29.8 Å². The quantitative estimate of drug-likeness (QED) is 0.644. The van der Waals surface area contributed by atoms with Crippen LogP contribution in [0.15, 0.2) is 24.3 Å². The van der Waals surface area contributed by atoms with Crippen molar-refractivity contribution in [3.63, 3.8) is 0 Å². The Morgan fingerprint density at radius 1 is 1.39 bits per heavy atom. The molecule has 4 N–H and O–H groups in total. The summed E-state index contributed by atoms with van der Waals surface area (Å²) in [6.07, 6.45) is -1.38. The summed E-state index contributed by atoms with van der Waals surface area (Å²) in [7, 11) is 0.